The maximum atomic E-state index is 10.4. The van der Waals surface area contributed by atoms with Crippen LogP contribution in [0, 0.1) is 0 Å². The summed E-state index contributed by atoms with van der Waals surface area (Å²) in [5.41, 5.74) is 0. The molecule has 0 fully saturated rings. The van der Waals surface area contributed by atoms with E-state index in [1.54, 1.807) is 0 Å². The van der Waals surface area contributed by atoms with Crippen molar-refractivity contribution in [2.45, 2.75) is 19.8 Å². The van der Waals surface area contributed by atoms with Gasteiger partial charge in [0.05, 0.1) is 0 Å². The van der Waals surface area contributed by atoms with Crippen molar-refractivity contribution in [3.8, 4) is 0 Å². The molecule has 0 saturated carbocycles. The molecule has 11 heavy (non-hydrogen) atoms. The Morgan fingerprint density at radius 1 is 1.55 bits per heavy atom. The molecule has 0 spiro atoms. The van der Waals surface area contributed by atoms with Gasteiger partial charge in [-0.05, 0) is 6.42 Å². The Bertz CT molecular complexity index is 119. The fourth-order valence-electron chi connectivity index (χ4n) is 0.745. The summed E-state index contributed by atoms with van der Waals surface area (Å²) in [6, 6.07) is 0. The molecule has 0 aliphatic rings. The molecule has 0 aliphatic heterocycles. The van der Waals surface area contributed by atoms with Gasteiger partial charge in [-0.2, -0.15) is 0 Å². The summed E-state index contributed by atoms with van der Waals surface area (Å²) in [6.07, 6.45) is 0.718. The Balaban J connectivity index is 3.60. The van der Waals surface area contributed by atoms with Crippen molar-refractivity contribution < 1.29 is 9.90 Å². The van der Waals surface area contributed by atoms with Crippen LogP contribution in [0.5, 0.6) is 0 Å². The van der Waals surface area contributed by atoms with Gasteiger partial charge in [0.25, 0.3) is 0 Å². The Hall–Kier alpha value is -0.440. The maximum Gasteiger partial charge on any atom is 0.136 e. The number of carboxylic acid groups (broad SMARTS) is 1. The first-order chi connectivity index (χ1) is 5.22. The highest BCUT2D eigenvalue weighted by molar-refractivity contribution is 6.18. The fraction of sp³-hybridized carbons (Fsp3) is 0.857. The normalized spacial score (nSPS) is 9.64. The largest absolute Gasteiger partial charge is 0.530 e. The summed E-state index contributed by atoms with van der Waals surface area (Å²) in [7, 11) is 0. The van der Waals surface area contributed by atoms with E-state index in [1.165, 1.54) is 4.90 Å². The summed E-state index contributed by atoms with van der Waals surface area (Å²) < 4.78 is 0. The van der Waals surface area contributed by atoms with Crippen molar-refractivity contribution in [3.05, 3.63) is 0 Å². The zero-order valence-corrected chi connectivity index (χ0v) is 7.43. The molecule has 0 bridgehead atoms. The molecule has 0 aromatic carbocycles. The third-order valence-electron chi connectivity index (χ3n) is 1.39. The molecular formula is C7H13ClNO2-. The minimum atomic E-state index is -1.13. The third kappa shape index (κ3) is 4.90. The molecule has 1 amide bonds. The number of carbonyl (C=O) groups is 1. The lowest BCUT2D eigenvalue weighted by molar-refractivity contribution is -0.265. The summed E-state index contributed by atoms with van der Waals surface area (Å²) >= 11 is 5.39. The highest BCUT2D eigenvalue weighted by Gasteiger charge is 2.00. The number of amides is 1. The van der Waals surface area contributed by atoms with E-state index < -0.39 is 6.09 Å². The van der Waals surface area contributed by atoms with Gasteiger partial charge < -0.3 is 14.8 Å². The van der Waals surface area contributed by atoms with Crippen LogP contribution < -0.4 is 5.11 Å². The first kappa shape index (κ1) is 10.6. The van der Waals surface area contributed by atoms with Crippen molar-refractivity contribution >= 4 is 17.7 Å². The van der Waals surface area contributed by atoms with Crippen LogP contribution in [0.2, 0.25) is 0 Å². The number of alkyl halides is 1. The van der Waals surface area contributed by atoms with Crippen LogP contribution >= 0.6 is 11.6 Å². The number of hydrogen-bond acceptors (Lipinski definition) is 2. The van der Waals surface area contributed by atoms with Crippen molar-refractivity contribution in [3.63, 3.8) is 0 Å². The predicted molar refractivity (Wildman–Crippen MR) is 42.6 cm³/mol. The molecule has 0 rings (SSSR count). The Kier molecular flexibility index (Phi) is 6.03. The minimum absolute atomic E-state index is 0.331. The van der Waals surface area contributed by atoms with E-state index >= 15 is 0 Å². The summed E-state index contributed by atoms with van der Waals surface area (Å²) in [6.45, 7) is 2.91. The van der Waals surface area contributed by atoms with Gasteiger partial charge in [-0.3, -0.25) is 0 Å². The average Bonchev–Trinajstić information content (AvgIpc) is 1.97. The van der Waals surface area contributed by atoms with Gasteiger partial charge in [0.15, 0.2) is 0 Å². The highest BCUT2D eigenvalue weighted by Crippen LogP contribution is 1.94. The zero-order valence-electron chi connectivity index (χ0n) is 6.68. The molecule has 0 aromatic rings. The number of hydrogen-bond donors (Lipinski definition) is 0. The van der Waals surface area contributed by atoms with Crippen molar-refractivity contribution in [2.24, 2.45) is 0 Å². The standard InChI is InChI=1S/C7H14ClNO2/c1-2-3-5-9(6-4-8)7(10)11/h2-6H2,1H3,(H,10,11)/p-1. The van der Waals surface area contributed by atoms with E-state index in [4.69, 9.17) is 11.6 Å². The maximum absolute atomic E-state index is 10.4. The van der Waals surface area contributed by atoms with Gasteiger partial charge in [0.1, 0.15) is 6.09 Å². The Labute approximate surface area is 71.9 Å². The predicted octanol–water partition coefficient (Wildman–Crippen LogP) is 0.671. The van der Waals surface area contributed by atoms with Gasteiger partial charge in [-0.15, -0.1) is 11.6 Å². The fourth-order valence-corrected chi connectivity index (χ4v) is 0.949. The Morgan fingerprint density at radius 3 is 2.55 bits per heavy atom. The molecule has 0 aliphatic carbocycles. The van der Waals surface area contributed by atoms with Crippen molar-refractivity contribution in [2.75, 3.05) is 19.0 Å². The molecule has 0 heterocycles. The number of nitrogens with zero attached hydrogens (tertiary/aromatic N) is 1. The molecule has 0 unspecified atom stereocenters. The van der Waals surface area contributed by atoms with Crippen LogP contribution in [0.1, 0.15) is 19.8 Å². The smallest absolute Gasteiger partial charge is 0.136 e. The number of unbranched alkanes of at least 4 members (excludes halogenated alkanes) is 1. The van der Waals surface area contributed by atoms with E-state index in [0.29, 0.717) is 19.0 Å². The van der Waals surface area contributed by atoms with Gasteiger partial charge >= 0.3 is 0 Å². The molecule has 0 N–H and O–H groups in total. The van der Waals surface area contributed by atoms with Crippen LogP contribution in [-0.2, 0) is 0 Å². The second-order valence-electron chi connectivity index (χ2n) is 2.30. The van der Waals surface area contributed by atoms with E-state index in [-0.39, 0.29) is 0 Å². The van der Waals surface area contributed by atoms with Crippen LogP contribution in [0.25, 0.3) is 0 Å². The Morgan fingerprint density at radius 2 is 2.18 bits per heavy atom. The molecule has 0 saturated heterocycles. The number of halogens is 1. The van der Waals surface area contributed by atoms with Crippen LogP contribution in [0.15, 0.2) is 0 Å². The SMILES string of the molecule is CCCCN(CCCl)C(=O)[O-]. The van der Waals surface area contributed by atoms with Crippen molar-refractivity contribution in [1.29, 1.82) is 0 Å². The molecule has 0 aromatic heterocycles. The summed E-state index contributed by atoms with van der Waals surface area (Å²) in [5.74, 6) is 0.331. The second kappa shape index (κ2) is 6.28. The lowest BCUT2D eigenvalue weighted by atomic mass is 10.3. The number of carbonyl (C=O) groups excluding carboxylic acids is 1. The molecular weight excluding hydrogens is 166 g/mol. The average molecular weight is 179 g/mol. The lowest BCUT2D eigenvalue weighted by Crippen LogP contribution is -2.42. The van der Waals surface area contributed by atoms with Gasteiger partial charge in [0.2, 0.25) is 0 Å². The first-order valence-corrected chi connectivity index (χ1v) is 4.27. The van der Waals surface area contributed by atoms with Crippen LogP contribution in [0.4, 0.5) is 4.79 Å². The van der Waals surface area contributed by atoms with Crippen LogP contribution in [0.3, 0.4) is 0 Å². The van der Waals surface area contributed by atoms with Crippen LogP contribution in [-0.4, -0.2) is 30.0 Å². The third-order valence-corrected chi connectivity index (χ3v) is 1.56. The second-order valence-corrected chi connectivity index (χ2v) is 2.67. The molecule has 3 nitrogen and oxygen atoms in total. The van der Waals surface area contributed by atoms with Gasteiger partial charge in [0, 0.05) is 19.0 Å². The lowest BCUT2D eigenvalue weighted by Gasteiger charge is -2.23. The molecule has 4 heteroatoms. The molecule has 66 valence electrons. The summed E-state index contributed by atoms with van der Waals surface area (Å²) in [4.78, 5) is 11.6. The van der Waals surface area contributed by atoms with Gasteiger partial charge in [-0.25, -0.2) is 0 Å². The number of rotatable bonds is 5. The summed E-state index contributed by atoms with van der Waals surface area (Å²) in [5, 5.41) is 10.4. The highest BCUT2D eigenvalue weighted by atomic mass is 35.5. The van der Waals surface area contributed by atoms with E-state index in [2.05, 4.69) is 0 Å². The van der Waals surface area contributed by atoms with Crippen molar-refractivity contribution in [1.82, 2.24) is 4.90 Å². The molecule has 0 atom stereocenters. The van der Waals surface area contributed by atoms with E-state index in [0.717, 1.165) is 12.8 Å². The minimum Gasteiger partial charge on any atom is -0.530 e. The molecule has 0 radical (unpaired) electrons. The monoisotopic (exact) mass is 178 g/mol. The van der Waals surface area contributed by atoms with Gasteiger partial charge in [-0.1, -0.05) is 13.3 Å². The zero-order chi connectivity index (χ0) is 8.69. The van der Waals surface area contributed by atoms with E-state index in [9.17, 15) is 9.90 Å². The quantitative estimate of drug-likeness (QED) is 0.581. The topological polar surface area (TPSA) is 43.4 Å². The van der Waals surface area contributed by atoms with E-state index in [1.807, 2.05) is 6.92 Å². The first-order valence-electron chi connectivity index (χ1n) is 3.74.